The van der Waals surface area contributed by atoms with Gasteiger partial charge in [0.15, 0.2) is 0 Å². The Kier molecular flexibility index (Phi) is 5.25. The molecule has 0 bridgehead atoms. The van der Waals surface area contributed by atoms with E-state index in [1.807, 2.05) is 13.8 Å². The molecule has 1 unspecified atom stereocenters. The van der Waals surface area contributed by atoms with Crippen LogP contribution in [0.2, 0.25) is 10.0 Å². The van der Waals surface area contributed by atoms with Crippen molar-refractivity contribution in [2.75, 3.05) is 5.32 Å². The van der Waals surface area contributed by atoms with Crippen molar-refractivity contribution in [1.82, 2.24) is 0 Å². The van der Waals surface area contributed by atoms with Crippen LogP contribution in [0.25, 0.3) is 0 Å². The van der Waals surface area contributed by atoms with Gasteiger partial charge in [0.1, 0.15) is 0 Å². The second-order valence-electron chi connectivity index (χ2n) is 4.33. The molecule has 0 saturated heterocycles. The van der Waals surface area contributed by atoms with Crippen LogP contribution in [0.15, 0.2) is 18.2 Å². The van der Waals surface area contributed by atoms with Gasteiger partial charge in [0.2, 0.25) is 5.91 Å². The van der Waals surface area contributed by atoms with Gasteiger partial charge in [-0.3, -0.25) is 4.79 Å². The van der Waals surface area contributed by atoms with Crippen LogP contribution in [-0.4, -0.2) is 11.9 Å². The van der Waals surface area contributed by atoms with Crippen LogP contribution in [0.5, 0.6) is 0 Å². The van der Waals surface area contributed by atoms with Gasteiger partial charge in [-0.1, -0.05) is 43.1 Å². The van der Waals surface area contributed by atoms with E-state index in [9.17, 15) is 4.79 Å². The molecule has 0 spiro atoms. The number of carbonyl (C=O) groups excluding carboxylic acids is 1. The number of anilines is 1. The molecular formula is C12H16Cl2N2O. The summed E-state index contributed by atoms with van der Waals surface area (Å²) in [6.45, 7) is 4.03. The van der Waals surface area contributed by atoms with Gasteiger partial charge in [0, 0.05) is 0 Å². The molecular weight excluding hydrogens is 259 g/mol. The lowest BCUT2D eigenvalue weighted by atomic mass is 10.0. The van der Waals surface area contributed by atoms with Crippen molar-refractivity contribution < 1.29 is 4.79 Å². The molecule has 0 aromatic heterocycles. The quantitative estimate of drug-likeness (QED) is 0.885. The number of rotatable bonds is 4. The van der Waals surface area contributed by atoms with Gasteiger partial charge in [-0.2, -0.15) is 0 Å². The first-order chi connectivity index (χ1) is 7.91. The first kappa shape index (κ1) is 14.3. The number of halogens is 2. The molecule has 0 aliphatic carbocycles. The molecule has 0 aliphatic rings. The SMILES string of the molecule is CC(C)CC(N)C(=O)Nc1cccc(Cl)c1Cl. The fourth-order valence-corrected chi connectivity index (χ4v) is 1.79. The molecule has 0 aliphatic heterocycles. The molecule has 1 amide bonds. The highest BCUT2D eigenvalue weighted by atomic mass is 35.5. The second-order valence-corrected chi connectivity index (χ2v) is 5.11. The van der Waals surface area contributed by atoms with Crippen LogP contribution in [0.4, 0.5) is 5.69 Å². The predicted molar refractivity (Wildman–Crippen MR) is 72.5 cm³/mol. The number of carbonyl (C=O) groups is 1. The van der Waals surface area contributed by atoms with Crippen LogP contribution in [0.1, 0.15) is 20.3 Å². The van der Waals surface area contributed by atoms with Crippen LogP contribution in [0, 0.1) is 5.92 Å². The molecule has 1 aromatic rings. The Labute approximate surface area is 111 Å². The number of hydrogen-bond donors (Lipinski definition) is 2. The summed E-state index contributed by atoms with van der Waals surface area (Å²) in [6.07, 6.45) is 0.629. The molecule has 1 rings (SSSR count). The van der Waals surface area contributed by atoms with Gasteiger partial charge in [-0.25, -0.2) is 0 Å². The highest BCUT2D eigenvalue weighted by Gasteiger charge is 2.16. The molecule has 1 atom stereocenters. The molecule has 3 nitrogen and oxygen atoms in total. The van der Waals surface area contributed by atoms with Crippen LogP contribution in [0.3, 0.4) is 0 Å². The van der Waals surface area contributed by atoms with Crippen molar-refractivity contribution in [2.24, 2.45) is 11.7 Å². The summed E-state index contributed by atoms with van der Waals surface area (Å²) in [5.41, 5.74) is 6.26. The van der Waals surface area contributed by atoms with Gasteiger partial charge >= 0.3 is 0 Å². The highest BCUT2D eigenvalue weighted by Crippen LogP contribution is 2.29. The fourth-order valence-electron chi connectivity index (χ4n) is 1.44. The van der Waals surface area contributed by atoms with Gasteiger partial charge in [-0.05, 0) is 24.5 Å². The Bertz CT molecular complexity index is 407. The lowest BCUT2D eigenvalue weighted by molar-refractivity contribution is -0.117. The van der Waals surface area contributed by atoms with E-state index in [1.54, 1.807) is 18.2 Å². The Morgan fingerprint density at radius 3 is 2.65 bits per heavy atom. The van der Waals surface area contributed by atoms with Crippen LogP contribution in [-0.2, 0) is 4.79 Å². The minimum absolute atomic E-state index is 0.247. The summed E-state index contributed by atoms with van der Waals surface area (Å²) in [7, 11) is 0. The van der Waals surface area contributed by atoms with Crippen molar-refractivity contribution in [1.29, 1.82) is 0 Å². The smallest absolute Gasteiger partial charge is 0.241 e. The standard InChI is InChI=1S/C12H16Cl2N2O/c1-7(2)6-9(15)12(17)16-10-5-3-4-8(13)11(10)14/h3-5,7,9H,6,15H2,1-2H3,(H,16,17). The van der Waals surface area contributed by atoms with E-state index in [2.05, 4.69) is 5.32 Å². The Morgan fingerprint density at radius 2 is 2.06 bits per heavy atom. The molecule has 3 N–H and O–H groups in total. The Morgan fingerprint density at radius 1 is 1.41 bits per heavy atom. The van der Waals surface area contributed by atoms with Crippen molar-refractivity contribution in [3.05, 3.63) is 28.2 Å². The van der Waals surface area contributed by atoms with E-state index in [0.29, 0.717) is 28.1 Å². The summed E-state index contributed by atoms with van der Waals surface area (Å²) in [5.74, 6) is 0.119. The third-order valence-electron chi connectivity index (χ3n) is 2.27. The van der Waals surface area contributed by atoms with Gasteiger partial charge in [0.05, 0.1) is 21.8 Å². The normalized spacial score (nSPS) is 12.6. The number of amides is 1. The molecule has 0 radical (unpaired) electrons. The predicted octanol–water partition coefficient (Wildman–Crippen LogP) is 3.31. The average molecular weight is 275 g/mol. The number of benzene rings is 1. The molecule has 1 aromatic carbocycles. The summed E-state index contributed by atoms with van der Waals surface area (Å²) in [4.78, 5) is 11.8. The molecule has 5 heteroatoms. The Balaban J connectivity index is 2.71. The summed E-state index contributed by atoms with van der Waals surface area (Å²) >= 11 is 11.8. The van der Waals surface area contributed by atoms with Gasteiger partial charge in [0.25, 0.3) is 0 Å². The third-order valence-corrected chi connectivity index (χ3v) is 3.09. The van der Waals surface area contributed by atoms with Gasteiger partial charge in [-0.15, -0.1) is 0 Å². The first-order valence-electron chi connectivity index (χ1n) is 5.42. The summed E-state index contributed by atoms with van der Waals surface area (Å²) in [5, 5.41) is 3.41. The molecule has 0 saturated carbocycles. The Hall–Kier alpha value is -0.770. The zero-order valence-corrected chi connectivity index (χ0v) is 11.3. The topological polar surface area (TPSA) is 55.1 Å². The minimum atomic E-state index is -0.537. The van der Waals surface area contributed by atoms with E-state index in [4.69, 9.17) is 28.9 Å². The largest absolute Gasteiger partial charge is 0.323 e. The number of hydrogen-bond acceptors (Lipinski definition) is 2. The zero-order chi connectivity index (χ0) is 13.0. The molecule has 17 heavy (non-hydrogen) atoms. The zero-order valence-electron chi connectivity index (χ0n) is 9.84. The van der Waals surface area contributed by atoms with E-state index in [-0.39, 0.29) is 5.91 Å². The molecule has 0 heterocycles. The summed E-state index contributed by atoms with van der Waals surface area (Å²) in [6, 6.07) is 4.53. The van der Waals surface area contributed by atoms with E-state index in [1.165, 1.54) is 0 Å². The minimum Gasteiger partial charge on any atom is -0.323 e. The highest BCUT2D eigenvalue weighted by molar-refractivity contribution is 6.44. The second kappa shape index (κ2) is 6.24. The summed E-state index contributed by atoms with van der Waals surface area (Å²) < 4.78 is 0. The maximum absolute atomic E-state index is 11.8. The van der Waals surface area contributed by atoms with Crippen molar-refractivity contribution in [3.63, 3.8) is 0 Å². The average Bonchev–Trinajstić information content (AvgIpc) is 2.23. The third kappa shape index (κ3) is 4.19. The number of nitrogens with two attached hydrogens (primary N) is 1. The first-order valence-corrected chi connectivity index (χ1v) is 6.18. The molecule has 0 fully saturated rings. The lowest BCUT2D eigenvalue weighted by Gasteiger charge is -2.15. The molecule has 94 valence electrons. The van der Waals surface area contributed by atoms with Crippen molar-refractivity contribution >= 4 is 34.8 Å². The lowest BCUT2D eigenvalue weighted by Crippen LogP contribution is -2.36. The van der Waals surface area contributed by atoms with Crippen LogP contribution < -0.4 is 11.1 Å². The van der Waals surface area contributed by atoms with E-state index < -0.39 is 6.04 Å². The fraction of sp³-hybridized carbons (Fsp3) is 0.417. The van der Waals surface area contributed by atoms with Crippen molar-refractivity contribution in [3.8, 4) is 0 Å². The van der Waals surface area contributed by atoms with E-state index in [0.717, 1.165) is 0 Å². The maximum Gasteiger partial charge on any atom is 0.241 e. The van der Waals surface area contributed by atoms with Crippen molar-refractivity contribution in [2.45, 2.75) is 26.3 Å². The monoisotopic (exact) mass is 274 g/mol. The maximum atomic E-state index is 11.8. The van der Waals surface area contributed by atoms with E-state index >= 15 is 0 Å². The van der Waals surface area contributed by atoms with Crippen LogP contribution >= 0.6 is 23.2 Å². The number of nitrogens with one attached hydrogen (secondary N) is 1. The van der Waals surface area contributed by atoms with Gasteiger partial charge < -0.3 is 11.1 Å².